The predicted octanol–water partition coefficient (Wildman–Crippen LogP) is 4.10. The van der Waals surface area contributed by atoms with Crippen molar-refractivity contribution >= 4 is 39.9 Å². The summed E-state index contributed by atoms with van der Waals surface area (Å²) in [5, 5.41) is 8.10. The Morgan fingerprint density at radius 2 is 1.73 bits per heavy atom. The van der Waals surface area contributed by atoms with E-state index < -0.39 is 0 Å². The average Bonchev–Trinajstić information content (AvgIpc) is 2.63. The number of hydrogen-bond acceptors (Lipinski definition) is 2. The lowest BCUT2D eigenvalue weighted by Crippen LogP contribution is -2.33. The van der Waals surface area contributed by atoms with Crippen molar-refractivity contribution in [3.8, 4) is 0 Å². The molecule has 5 heteroatoms. The summed E-state index contributed by atoms with van der Waals surface area (Å²) >= 11 is 6.04. The van der Waals surface area contributed by atoms with Gasteiger partial charge in [0, 0.05) is 10.7 Å². The maximum atomic E-state index is 12.2. The van der Waals surface area contributed by atoms with Gasteiger partial charge in [-0.25, -0.2) is 0 Å². The Bertz CT molecular complexity index is 964. The number of rotatable bonds is 5. The number of aryl methyl sites for hydroxylation is 1. The van der Waals surface area contributed by atoms with Crippen LogP contribution in [0.2, 0.25) is 5.02 Å². The quantitative estimate of drug-likeness (QED) is 0.714. The summed E-state index contributed by atoms with van der Waals surface area (Å²) in [6.07, 6.45) is 0.227. The highest BCUT2D eigenvalue weighted by molar-refractivity contribution is 6.31. The van der Waals surface area contributed by atoms with E-state index in [1.165, 1.54) is 0 Å². The van der Waals surface area contributed by atoms with Crippen molar-refractivity contribution in [1.29, 1.82) is 0 Å². The first-order valence-electron chi connectivity index (χ1n) is 8.32. The second-order valence-electron chi connectivity index (χ2n) is 6.10. The van der Waals surface area contributed by atoms with Crippen molar-refractivity contribution in [2.75, 3.05) is 11.9 Å². The minimum atomic E-state index is -0.295. The zero-order valence-electron chi connectivity index (χ0n) is 14.4. The molecule has 3 aromatic carbocycles. The molecule has 0 unspecified atom stereocenters. The molecule has 132 valence electrons. The zero-order valence-corrected chi connectivity index (χ0v) is 15.1. The van der Waals surface area contributed by atoms with Crippen molar-refractivity contribution in [3.63, 3.8) is 0 Å². The van der Waals surface area contributed by atoms with E-state index in [0.29, 0.717) is 10.7 Å². The van der Waals surface area contributed by atoms with E-state index in [1.807, 2.05) is 55.5 Å². The third kappa shape index (κ3) is 4.41. The molecule has 3 rings (SSSR count). The SMILES string of the molecule is Cc1ccc(NC(=O)CNC(=O)Cc2cccc3ccccc23)cc1Cl. The van der Waals surface area contributed by atoms with Gasteiger partial charge >= 0.3 is 0 Å². The molecule has 4 nitrogen and oxygen atoms in total. The Morgan fingerprint density at radius 1 is 0.962 bits per heavy atom. The van der Waals surface area contributed by atoms with Gasteiger partial charge in [0.15, 0.2) is 0 Å². The van der Waals surface area contributed by atoms with E-state index >= 15 is 0 Å². The summed E-state index contributed by atoms with van der Waals surface area (Å²) in [6.45, 7) is 1.80. The molecule has 0 aliphatic carbocycles. The van der Waals surface area contributed by atoms with Crippen molar-refractivity contribution in [2.24, 2.45) is 0 Å². The fourth-order valence-electron chi connectivity index (χ4n) is 2.74. The number of benzene rings is 3. The van der Waals surface area contributed by atoms with Gasteiger partial charge in [-0.2, -0.15) is 0 Å². The molecule has 0 bridgehead atoms. The molecule has 26 heavy (non-hydrogen) atoms. The van der Waals surface area contributed by atoms with Crippen LogP contribution in [0.15, 0.2) is 60.7 Å². The molecule has 0 saturated heterocycles. The van der Waals surface area contributed by atoms with E-state index in [9.17, 15) is 9.59 Å². The maximum absolute atomic E-state index is 12.2. The molecule has 3 aromatic rings. The lowest BCUT2D eigenvalue weighted by molar-refractivity contribution is -0.123. The van der Waals surface area contributed by atoms with Gasteiger partial charge < -0.3 is 10.6 Å². The van der Waals surface area contributed by atoms with Gasteiger partial charge in [0.25, 0.3) is 0 Å². The van der Waals surface area contributed by atoms with Crippen LogP contribution in [0.5, 0.6) is 0 Å². The standard InChI is InChI=1S/C21H19ClN2O2/c1-14-9-10-17(12-19(14)22)24-21(26)13-23-20(25)11-16-7-4-6-15-5-2-3-8-18(15)16/h2-10,12H,11,13H2,1H3,(H,23,25)(H,24,26). The third-order valence-corrected chi connectivity index (χ3v) is 4.54. The molecule has 0 atom stereocenters. The second kappa shape index (κ2) is 8.02. The number of anilines is 1. The van der Waals surface area contributed by atoms with Gasteiger partial charge in [-0.3, -0.25) is 9.59 Å². The smallest absolute Gasteiger partial charge is 0.243 e. The lowest BCUT2D eigenvalue weighted by Gasteiger charge is -2.09. The van der Waals surface area contributed by atoms with Crippen LogP contribution in [0.3, 0.4) is 0 Å². The summed E-state index contributed by atoms with van der Waals surface area (Å²) in [5.74, 6) is -0.491. The number of carbonyl (C=O) groups excluding carboxylic acids is 2. The van der Waals surface area contributed by atoms with Crippen LogP contribution in [0.1, 0.15) is 11.1 Å². The van der Waals surface area contributed by atoms with Crippen LogP contribution in [-0.2, 0) is 16.0 Å². The van der Waals surface area contributed by atoms with Crippen molar-refractivity contribution in [3.05, 3.63) is 76.8 Å². The Balaban J connectivity index is 1.56. The maximum Gasteiger partial charge on any atom is 0.243 e. The largest absolute Gasteiger partial charge is 0.347 e. The van der Waals surface area contributed by atoms with Crippen molar-refractivity contribution in [2.45, 2.75) is 13.3 Å². The van der Waals surface area contributed by atoms with Gasteiger partial charge in [-0.05, 0) is 41.0 Å². The van der Waals surface area contributed by atoms with Crippen LogP contribution >= 0.6 is 11.6 Å². The molecule has 0 saturated carbocycles. The van der Waals surface area contributed by atoms with Crippen molar-refractivity contribution < 1.29 is 9.59 Å². The Hall–Kier alpha value is -2.85. The molecule has 0 spiro atoms. The van der Waals surface area contributed by atoms with E-state index in [1.54, 1.807) is 12.1 Å². The highest BCUT2D eigenvalue weighted by Gasteiger charge is 2.09. The van der Waals surface area contributed by atoms with E-state index in [-0.39, 0.29) is 24.8 Å². The van der Waals surface area contributed by atoms with Gasteiger partial charge in [-0.15, -0.1) is 0 Å². The lowest BCUT2D eigenvalue weighted by atomic mass is 10.0. The van der Waals surface area contributed by atoms with Gasteiger partial charge in [0.2, 0.25) is 11.8 Å². The molecule has 0 heterocycles. The minimum Gasteiger partial charge on any atom is -0.347 e. The van der Waals surface area contributed by atoms with Crippen LogP contribution in [0.4, 0.5) is 5.69 Å². The molecule has 2 amide bonds. The van der Waals surface area contributed by atoms with E-state index in [2.05, 4.69) is 10.6 Å². The number of nitrogens with one attached hydrogen (secondary N) is 2. The first-order valence-corrected chi connectivity index (χ1v) is 8.70. The number of halogens is 1. The highest BCUT2D eigenvalue weighted by atomic mass is 35.5. The molecule has 0 aromatic heterocycles. The van der Waals surface area contributed by atoms with Gasteiger partial charge in [0.05, 0.1) is 13.0 Å². The fourth-order valence-corrected chi connectivity index (χ4v) is 2.92. The average molecular weight is 367 g/mol. The van der Waals surface area contributed by atoms with E-state index in [0.717, 1.165) is 21.9 Å². The molecular formula is C21H19ClN2O2. The highest BCUT2D eigenvalue weighted by Crippen LogP contribution is 2.20. The Labute approximate surface area is 157 Å². The summed E-state index contributed by atoms with van der Waals surface area (Å²) < 4.78 is 0. The number of hydrogen-bond donors (Lipinski definition) is 2. The Morgan fingerprint density at radius 3 is 2.54 bits per heavy atom. The fraction of sp³-hybridized carbons (Fsp3) is 0.143. The molecule has 0 aliphatic rings. The minimum absolute atomic E-state index is 0.0882. The van der Waals surface area contributed by atoms with Crippen LogP contribution in [0, 0.1) is 6.92 Å². The molecule has 0 aliphatic heterocycles. The number of carbonyl (C=O) groups is 2. The molecular weight excluding hydrogens is 348 g/mol. The first kappa shape index (κ1) is 18.0. The van der Waals surface area contributed by atoms with Gasteiger partial charge in [-0.1, -0.05) is 60.1 Å². The topological polar surface area (TPSA) is 58.2 Å². The number of fused-ring (bicyclic) bond motifs is 1. The summed E-state index contributed by atoms with van der Waals surface area (Å²) in [4.78, 5) is 24.2. The Kier molecular flexibility index (Phi) is 5.54. The first-order chi connectivity index (χ1) is 12.5. The second-order valence-corrected chi connectivity index (χ2v) is 6.51. The molecule has 0 fully saturated rings. The normalized spacial score (nSPS) is 10.5. The number of amides is 2. The monoisotopic (exact) mass is 366 g/mol. The van der Waals surface area contributed by atoms with Crippen LogP contribution in [-0.4, -0.2) is 18.4 Å². The summed E-state index contributed by atoms with van der Waals surface area (Å²) in [7, 11) is 0. The van der Waals surface area contributed by atoms with E-state index in [4.69, 9.17) is 11.6 Å². The summed E-state index contributed by atoms with van der Waals surface area (Å²) in [6, 6.07) is 19.1. The van der Waals surface area contributed by atoms with Crippen LogP contribution < -0.4 is 10.6 Å². The van der Waals surface area contributed by atoms with Crippen LogP contribution in [0.25, 0.3) is 10.8 Å². The van der Waals surface area contributed by atoms with Gasteiger partial charge in [0.1, 0.15) is 0 Å². The molecule has 2 N–H and O–H groups in total. The van der Waals surface area contributed by atoms with Crippen molar-refractivity contribution in [1.82, 2.24) is 5.32 Å². The zero-order chi connectivity index (χ0) is 18.5. The predicted molar refractivity (Wildman–Crippen MR) is 105 cm³/mol. The summed E-state index contributed by atoms with van der Waals surface area (Å²) in [5.41, 5.74) is 2.48. The third-order valence-electron chi connectivity index (χ3n) is 4.13. The molecule has 0 radical (unpaired) electrons.